The third-order valence-corrected chi connectivity index (χ3v) is 3.93. The molecule has 0 unspecified atom stereocenters. The average molecular weight is 377 g/mol. The Kier molecular flexibility index (Phi) is 5.86. The highest BCUT2D eigenvalue weighted by Crippen LogP contribution is 2.22. The second-order valence-electron chi connectivity index (χ2n) is 5.78. The normalized spacial score (nSPS) is 10.1. The Balaban J connectivity index is 1.78. The number of ether oxygens (including phenoxy) is 2. The lowest BCUT2D eigenvalue weighted by Gasteiger charge is -2.11. The predicted molar refractivity (Wildman–Crippen MR) is 106 cm³/mol. The van der Waals surface area contributed by atoms with Crippen molar-refractivity contribution in [2.45, 2.75) is 0 Å². The van der Waals surface area contributed by atoms with Gasteiger partial charge < -0.3 is 20.1 Å². The smallest absolute Gasteiger partial charge is 0.339 e. The van der Waals surface area contributed by atoms with Crippen molar-refractivity contribution in [1.82, 2.24) is 4.98 Å². The number of nitrogens with one attached hydrogen (secondary N) is 2. The molecule has 0 atom stereocenters. The standard InChI is InChI=1S/C21H19N3O4/c1-27-16-7-5-6-14(12-16)23-15-10-11-22-19(13-15)20(25)24-18-9-4-3-8-17(18)21(26)28-2/h3-13H,1-2H3,(H,22,23)(H,24,25). The molecule has 2 aromatic carbocycles. The molecule has 0 saturated carbocycles. The number of methoxy groups -OCH3 is 2. The molecule has 2 N–H and O–H groups in total. The number of benzene rings is 2. The molecule has 1 heterocycles. The first kappa shape index (κ1) is 18.9. The van der Waals surface area contributed by atoms with E-state index in [4.69, 9.17) is 9.47 Å². The second kappa shape index (κ2) is 8.68. The van der Waals surface area contributed by atoms with Gasteiger partial charge >= 0.3 is 5.97 Å². The minimum absolute atomic E-state index is 0.201. The second-order valence-corrected chi connectivity index (χ2v) is 5.78. The highest BCUT2D eigenvalue weighted by molar-refractivity contribution is 6.07. The molecular weight excluding hydrogens is 358 g/mol. The Morgan fingerprint density at radius 2 is 1.71 bits per heavy atom. The fourth-order valence-corrected chi connectivity index (χ4v) is 2.57. The van der Waals surface area contributed by atoms with E-state index in [1.807, 2.05) is 24.3 Å². The van der Waals surface area contributed by atoms with Gasteiger partial charge in [-0.1, -0.05) is 18.2 Å². The van der Waals surface area contributed by atoms with Gasteiger partial charge in [-0.2, -0.15) is 0 Å². The molecular formula is C21H19N3O4. The molecule has 0 aliphatic carbocycles. The molecule has 0 spiro atoms. The number of carbonyl (C=O) groups is 2. The Hall–Kier alpha value is -3.87. The zero-order chi connectivity index (χ0) is 19.9. The Bertz CT molecular complexity index is 1000. The molecule has 3 rings (SSSR count). The Labute approximate surface area is 162 Å². The summed E-state index contributed by atoms with van der Waals surface area (Å²) in [5.74, 6) is -0.251. The van der Waals surface area contributed by atoms with Gasteiger partial charge in [0.1, 0.15) is 11.4 Å². The molecule has 0 radical (unpaired) electrons. The fraction of sp³-hybridized carbons (Fsp3) is 0.0952. The highest BCUT2D eigenvalue weighted by Gasteiger charge is 2.15. The minimum Gasteiger partial charge on any atom is -0.497 e. The van der Waals surface area contributed by atoms with Crippen LogP contribution in [0.3, 0.4) is 0 Å². The number of aromatic nitrogens is 1. The van der Waals surface area contributed by atoms with Gasteiger partial charge in [-0.3, -0.25) is 9.78 Å². The number of pyridine rings is 1. The molecule has 1 amide bonds. The van der Waals surface area contributed by atoms with E-state index in [0.717, 1.165) is 11.4 Å². The predicted octanol–water partition coefficient (Wildman–Crippen LogP) is 3.87. The van der Waals surface area contributed by atoms with Gasteiger partial charge in [0.2, 0.25) is 0 Å². The van der Waals surface area contributed by atoms with E-state index in [1.54, 1.807) is 43.5 Å². The number of hydrogen-bond acceptors (Lipinski definition) is 6. The summed E-state index contributed by atoms with van der Waals surface area (Å²) in [7, 11) is 2.89. The van der Waals surface area contributed by atoms with Crippen molar-refractivity contribution in [2.24, 2.45) is 0 Å². The summed E-state index contributed by atoms with van der Waals surface area (Å²) in [6.07, 6.45) is 1.53. The largest absolute Gasteiger partial charge is 0.497 e. The van der Waals surface area contributed by atoms with E-state index in [1.165, 1.54) is 13.3 Å². The Morgan fingerprint density at radius 3 is 2.50 bits per heavy atom. The van der Waals surface area contributed by atoms with Crippen LogP contribution < -0.4 is 15.4 Å². The molecule has 28 heavy (non-hydrogen) atoms. The van der Waals surface area contributed by atoms with Gasteiger partial charge in [-0.25, -0.2) is 4.79 Å². The van der Waals surface area contributed by atoms with E-state index < -0.39 is 11.9 Å². The SMILES string of the molecule is COC(=O)c1ccccc1NC(=O)c1cc(Nc2cccc(OC)c2)ccn1. The molecule has 142 valence electrons. The third-order valence-electron chi connectivity index (χ3n) is 3.93. The van der Waals surface area contributed by atoms with Crippen LogP contribution in [0.15, 0.2) is 66.9 Å². The van der Waals surface area contributed by atoms with Gasteiger partial charge in [0.05, 0.1) is 25.5 Å². The van der Waals surface area contributed by atoms with Crippen LogP contribution in [0.2, 0.25) is 0 Å². The van der Waals surface area contributed by atoms with Crippen LogP contribution in [0, 0.1) is 0 Å². The van der Waals surface area contributed by atoms with Crippen LogP contribution in [0.5, 0.6) is 5.75 Å². The zero-order valence-electron chi connectivity index (χ0n) is 15.4. The van der Waals surface area contributed by atoms with Crippen LogP contribution in [0.4, 0.5) is 17.1 Å². The van der Waals surface area contributed by atoms with Crippen LogP contribution >= 0.6 is 0 Å². The summed E-state index contributed by atoms with van der Waals surface area (Å²) in [5, 5.41) is 5.90. The first-order chi connectivity index (χ1) is 13.6. The van der Waals surface area contributed by atoms with Crippen molar-refractivity contribution >= 4 is 28.9 Å². The number of amides is 1. The Morgan fingerprint density at radius 1 is 0.929 bits per heavy atom. The van der Waals surface area contributed by atoms with Gasteiger partial charge in [-0.15, -0.1) is 0 Å². The zero-order valence-corrected chi connectivity index (χ0v) is 15.4. The summed E-state index contributed by atoms with van der Waals surface area (Å²) in [5.41, 5.74) is 2.33. The van der Waals surface area contributed by atoms with Crippen LogP contribution in [-0.4, -0.2) is 31.1 Å². The number of hydrogen-bond donors (Lipinski definition) is 2. The molecule has 0 saturated heterocycles. The third kappa shape index (κ3) is 4.45. The number of rotatable bonds is 6. The number of para-hydroxylation sites is 1. The van der Waals surface area contributed by atoms with Crippen molar-refractivity contribution in [3.63, 3.8) is 0 Å². The quantitative estimate of drug-likeness (QED) is 0.634. The van der Waals surface area contributed by atoms with Gasteiger partial charge in [-0.05, 0) is 36.4 Å². The first-order valence-electron chi connectivity index (χ1n) is 8.46. The maximum atomic E-state index is 12.6. The maximum absolute atomic E-state index is 12.6. The number of esters is 1. The lowest BCUT2D eigenvalue weighted by molar-refractivity contribution is 0.0602. The minimum atomic E-state index is -0.530. The van der Waals surface area contributed by atoms with Crippen LogP contribution in [0.1, 0.15) is 20.8 Å². The molecule has 7 nitrogen and oxygen atoms in total. The topological polar surface area (TPSA) is 89.5 Å². The van der Waals surface area contributed by atoms with Crippen molar-refractivity contribution in [1.29, 1.82) is 0 Å². The molecule has 0 fully saturated rings. The first-order valence-corrected chi connectivity index (χ1v) is 8.46. The molecule has 0 aliphatic heterocycles. The maximum Gasteiger partial charge on any atom is 0.339 e. The number of nitrogens with zero attached hydrogens (tertiary/aromatic N) is 1. The molecule has 1 aromatic heterocycles. The molecule has 0 bridgehead atoms. The van der Waals surface area contributed by atoms with E-state index in [0.29, 0.717) is 11.4 Å². The van der Waals surface area contributed by atoms with Crippen molar-refractivity contribution in [2.75, 3.05) is 24.9 Å². The monoisotopic (exact) mass is 377 g/mol. The van der Waals surface area contributed by atoms with E-state index >= 15 is 0 Å². The average Bonchev–Trinajstić information content (AvgIpc) is 2.74. The molecule has 3 aromatic rings. The van der Waals surface area contributed by atoms with Crippen molar-refractivity contribution in [3.8, 4) is 5.75 Å². The van der Waals surface area contributed by atoms with Gasteiger partial charge in [0, 0.05) is 23.6 Å². The van der Waals surface area contributed by atoms with Crippen molar-refractivity contribution in [3.05, 3.63) is 78.1 Å². The number of anilines is 3. The van der Waals surface area contributed by atoms with E-state index in [2.05, 4.69) is 15.6 Å². The van der Waals surface area contributed by atoms with E-state index in [9.17, 15) is 9.59 Å². The summed E-state index contributed by atoms with van der Waals surface area (Å²) >= 11 is 0. The fourth-order valence-electron chi connectivity index (χ4n) is 2.57. The van der Waals surface area contributed by atoms with Crippen molar-refractivity contribution < 1.29 is 19.1 Å². The lowest BCUT2D eigenvalue weighted by atomic mass is 10.1. The summed E-state index contributed by atoms with van der Waals surface area (Å²) in [4.78, 5) is 28.6. The highest BCUT2D eigenvalue weighted by atomic mass is 16.5. The molecule has 0 aliphatic rings. The summed E-state index contributed by atoms with van der Waals surface area (Å²) in [6, 6.07) is 17.4. The van der Waals surface area contributed by atoms with Crippen LogP contribution in [-0.2, 0) is 4.74 Å². The summed E-state index contributed by atoms with van der Waals surface area (Å²) < 4.78 is 9.95. The number of carbonyl (C=O) groups excluding carboxylic acids is 2. The lowest BCUT2D eigenvalue weighted by Crippen LogP contribution is -2.16. The molecule has 7 heteroatoms. The van der Waals surface area contributed by atoms with Gasteiger partial charge in [0.25, 0.3) is 5.91 Å². The van der Waals surface area contributed by atoms with E-state index in [-0.39, 0.29) is 11.3 Å². The van der Waals surface area contributed by atoms with Crippen LogP contribution in [0.25, 0.3) is 0 Å². The summed E-state index contributed by atoms with van der Waals surface area (Å²) in [6.45, 7) is 0. The van der Waals surface area contributed by atoms with Gasteiger partial charge in [0.15, 0.2) is 0 Å².